The monoisotopic (exact) mass is 321 g/mol. The van der Waals surface area contributed by atoms with Crippen LogP contribution in [0.3, 0.4) is 0 Å². The predicted octanol–water partition coefficient (Wildman–Crippen LogP) is 2.79. The number of likely N-dealkylation sites (tertiary alicyclic amines) is 1. The summed E-state index contributed by atoms with van der Waals surface area (Å²) in [6.07, 6.45) is 2.70. The normalized spacial score (nSPS) is 18.8. The summed E-state index contributed by atoms with van der Waals surface area (Å²) >= 11 is 3.38. The van der Waals surface area contributed by atoms with Crippen molar-refractivity contribution in [2.75, 3.05) is 6.54 Å². The number of amides is 1. The van der Waals surface area contributed by atoms with E-state index in [0.717, 1.165) is 35.8 Å². The maximum atomic E-state index is 10.9. The maximum Gasteiger partial charge on any atom is 0.249 e. The van der Waals surface area contributed by atoms with Gasteiger partial charge in [-0.3, -0.25) is 4.79 Å². The molecule has 19 heavy (non-hydrogen) atoms. The van der Waals surface area contributed by atoms with Crippen molar-refractivity contribution in [1.82, 2.24) is 15.0 Å². The lowest BCUT2D eigenvalue weighted by atomic mass is 10.2. The van der Waals surface area contributed by atoms with Gasteiger partial charge in [-0.15, -0.1) is 0 Å². The minimum Gasteiger partial charge on any atom is -0.337 e. The second kappa shape index (κ2) is 5.13. The summed E-state index contributed by atoms with van der Waals surface area (Å²) < 4.78 is 6.29. The molecule has 0 aliphatic carbocycles. The lowest BCUT2D eigenvalue weighted by molar-refractivity contribution is -0.119. The molecule has 1 amide bonds. The third kappa shape index (κ3) is 2.40. The van der Waals surface area contributed by atoms with Crippen LogP contribution >= 0.6 is 15.9 Å². The zero-order valence-corrected chi connectivity index (χ0v) is 11.7. The second-order valence-electron chi connectivity index (χ2n) is 4.46. The number of hydrogen-bond donors (Lipinski definition) is 0. The molecule has 0 spiro atoms. The molecule has 1 fully saturated rings. The fourth-order valence-corrected chi connectivity index (χ4v) is 2.53. The molecule has 0 bridgehead atoms. The molecule has 0 saturated carbocycles. The average molecular weight is 322 g/mol. The average Bonchev–Trinajstić information content (AvgIpc) is 3.07. The maximum absolute atomic E-state index is 10.9. The molecule has 1 saturated heterocycles. The van der Waals surface area contributed by atoms with E-state index in [2.05, 4.69) is 26.1 Å². The third-order valence-corrected chi connectivity index (χ3v) is 3.79. The van der Waals surface area contributed by atoms with Crippen LogP contribution in [0.15, 0.2) is 33.3 Å². The summed E-state index contributed by atoms with van der Waals surface area (Å²) in [7, 11) is 0. The van der Waals surface area contributed by atoms with E-state index < -0.39 is 0 Å². The molecule has 2 aromatic rings. The zero-order chi connectivity index (χ0) is 13.2. The quantitative estimate of drug-likeness (QED) is 0.815. The van der Waals surface area contributed by atoms with E-state index >= 15 is 0 Å². The van der Waals surface area contributed by atoms with Crippen LogP contribution in [-0.2, 0) is 4.79 Å². The molecule has 3 rings (SSSR count). The largest absolute Gasteiger partial charge is 0.337 e. The van der Waals surface area contributed by atoms with Gasteiger partial charge in [-0.2, -0.15) is 4.98 Å². The smallest absolute Gasteiger partial charge is 0.249 e. The Morgan fingerprint density at radius 2 is 2.16 bits per heavy atom. The lowest BCUT2D eigenvalue weighted by Gasteiger charge is -2.14. The van der Waals surface area contributed by atoms with Crippen molar-refractivity contribution in [3.8, 4) is 11.4 Å². The fourth-order valence-electron chi connectivity index (χ4n) is 2.27. The summed E-state index contributed by atoms with van der Waals surface area (Å²) in [4.78, 5) is 17.0. The van der Waals surface area contributed by atoms with E-state index in [-0.39, 0.29) is 6.04 Å². The SMILES string of the molecule is O=CN1CCCC1c1nc(-c2ccc(Br)cc2)no1. The summed E-state index contributed by atoms with van der Waals surface area (Å²) in [6.45, 7) is 0.754. The molecule has 1 aliphatic heterocycles. The van der Waals surface area contributed by atoms with Crippen molar-refractivity contribution in [3.63, 3.8) is 0 Å². The van der Waals surface area contributed by atoms with Crippen LogP contribution < -0.4 is 0 Å². The fraction of sp³-hybridized carbons (Fsp3) is 0.308. The Morgan fingerprint density at radius 1 is 1.37 bits per heavy atom. The Hall–Kier alpha value is -1.69. The molecular formula is C13H12BrN3O2. The van der Waals surface area contributed by atoms with Crippen molar-refractivity contribution < 1.29 is 9.32 Å². The first-order valence-electron chi connectivity index (χ1n) is 6.08. The lowest BCUT2D eigenvalue weighted by Crippen LogP contribution is -2.21. The number of carbonyl (C=O) groups excluding carboxylic acids is 1. The number of benzene rings is 1. The topological polar surface area (TPSA) is 59.2 Å². The number of rotatable bonds is 3. The highest BCUT2D eigenvalue weighted by Crippen LogP contribution is 2.30. The molecular weight excluding hydrogens is 310 g/mol. The summed E-state index contributed by atoms with van der Waals surface area (Å²) in [5.41, 5.74) is 0.897. The molecule has 0 N–H and O–H groups in total. The number of hydrogen-bond acceptors (Lipinski definition) is 4. The summed E-state index contributed by atoms with van der Waals surface area (Å²) in [6, 6.07) is 7.63. The number of halogens is 1. The third-order valence-electron chi connectivity index (χ3n) is 3.26. The highest BCUT2D eigenvalue weighted by Gasteiger charge is 2.29. The van der Waals surface area contributed by atoms with Crippen molar-refractivity contribution in [2.24, 2.45) is 0 Å². The van der Waals surface area contributed by atoms with E-state index in [4.69, 9.17) is 4.52 Å². The van der Waals surface area contributed by atoms with Gasteiger partial charge >= 0.3 is 0 Å². The summed E-state index contributed by atoms with van der Waals surface area (Å²) in [5, 5.41) is 3.99. The van der Waals surface area contributed by atoms with E-state index in [1.807, 2.05) is 24.3 Å². The highest BCUT2D eigenvalue weighted by atomic mass is 79.9. The molecule has 1 aromatic heterocycles. The molecule has 1 atom stereocenters. The van der Waals surface area contributed by atoms with Gasteiger partial charge in [0.05, 0.1) is 0 Å². The highest BCUT2D eigenvalue weighted by molar-refractivity contribution is 9.10. The van der Waals surface area contributed by atoms with Crippen LogP contribution in [0.2, 0.25) is 0 Å². The van der Waals surface area contributed by atoms with Crippen LogP contribution in [0.4, 0.5) is 0 Å². The number of aromatic nitrogens is 2. The molecule has 1 aromatic carbocycles. The second-order valence-corrected chi connectivity index (χ2v) is 5.38. The first kappa shape index (κ1) is 12.3. The van der Waals surface area contributed by atoms with Gasteiger partial charge in [0, 0.05) is 16.6 Å². The van der Waals surface area contributed by atoms with Gasteiger partial charge in [-0.25, -0.2) is 0 Å². The molecule has 98 valence electrons. The van der Waals surface area contributed by atoms with Crippen molar-refractivity contribution in [3.05, 3.63) is 34.6 Å². The molecule has 1 unspecified atom stereocenters. The van der Waals surface area contributed by atoms with E-state index in [1.165, 1.54) is 0 Å². The molecule has 2 heterocycles. The van der Waals surface area contributed by atoms with Crippen LogP contribution in [0.5, 0.6) is 0 Å². The van der Waals surface area contributed by atoms with Gasteiger partial charge in [0.2, 0.25) is 18.1 Å². The Morgan fingerprint density at radius 3 is 2.89 bits per heavy atom. The first-order chi connectivity index (χ1) is 9.28. The first-order valence-corrected chi connectivity index (χ1v) is 6.88. The molecule has 0 radical (unpaired) electrons. The standard InChI is InChI=1S/C13H12BrN3O2/c14-10-5-3-9(4-6-10)12-15-13(19-16-12)11-2-1-7-17(11)8-18/h3-6,8,11H,1-2,7H2. The van der Waals surface area contributed by atoms with Gasteiger partial charge < -0.3 is 9.42 Å². The van der Waals surface area contributed by atoms with Gasteiger partial charge in [-0.05, 0) is 37.1 Å². The van der Waals surface area contributed by atoms with Crippen molar-refractivity contribution >= 4 is 22.3 Å². The van der Waals surface area contributed by atoms with Crippen LogP contribution in [0.1, 0.15) is 24.8 Å². The Kier molecular flexibility index (Phi) is 3.33. The zero-order valence-electron chi connectivity index (χ0n) is 10.1. The van der Waals surface area contributed by atoms with Gasteiger partial charge in [-0.1, -0.05) is 21.1 Å². The Balaban J connectivity index is 1.87. The Bertz CT molecular complexity index is 582. The van der Waals surface area contributed by atoms with Gasteiger partial charge in [0.1, 0.15) is 6.04 Å². The van der Waals surface area contributed by atoms with E-state index in [1.54, 1.807) is 4.90 Å². The van der Waals surface area contributed by atoms with Gasteiger partial charge in [0.25, 0.3) is 0 Å². The van der Waals surface area contributed by atoms with E-state index in [0.29, 0.717) is 11.7 Å². The van der Waals surface area contributed by atoms with Crippen LogP contribution in [0, 0.1) is 0 Å². The van der Waals surface area contributed by atoms with Crippen molar-refractivity contribution in [2.45, 2.75) is 18.9 Å². The summed E-state index contributed by atoms with van der Waals surface area (Å²) in [5.74, 6) is 1.07. The predicted molar refractivity (Wildman–Crippen MR) is 72.2 cm³/mol. The minimum absolute atomic E-state index is 0.0748. The number of nitrogens with zero attached hydrogens (tertiary/aromatic N) is 3. The number of carbonyl (C=O) groups is 1. The molecule has 5 nitrogen and oxygen atoms in total. The minimum atomic E-state index is -0.0748. The van der Waals surface area contributed by atoms with Crippen LogP contribution in [-0.4, -0.2) is 28.0 Å². The Labute approximate surface area is 118 Å². The van der Waals surface area contributed by atoms with Gasteiger partial charge in [0.15, 0.2) is 0 Å². The van der Waals surface area contributed by atoms with Crippen molar-refractivity contribution in [1.29, 1.82) is 0 Å². The molecule has 1 aliphatic rings. The van der Waals surface area contributed by atoms with E-state index in [9.17, 15) is 4.79 Å². The van der Waals surface area contributed by atoms with Crippen LogP contribution in [0.25, 0.3) is 11.4 Å². The molecule has 6 heteroatoms.